The summed E-state index contributed by atoms with van der Waals surface area (Å²) in [6.07, 6.45) is 20.5. The largest absolute Gasteiger partial charge is 0.486 e. The van der Waals surface area contributed by atoms with E-state index in [2.05, 4.69) is 72.3 Å². The SMILES string of the molecule is CCCCCCCCCc1ccc(-c2ncc(OCc3ccc(CCCCCC)cc3)cn2)cc1. The Kier molecular flexibility index (Phi) is 12.4. The number of ether oxygens (including phenoxy) is 1. The Labute approximate surface area is 213 Å². The van der Waals surface area contributed by atoms with Crippen LogP contribution in [0.3, 0.4) is 0 Å². The lowest BCUT2D eigenvalue weighted by molar-refractivity contribution is 0.303. The first kappa shape index (κ1) is 26.9. The Morgan fingerprint density at radius 1 is 0.543 bits per heavy atom. The number of aromatic nitrogens is 2. The van der Waals surface area contributed by atoms with Crippen molar-refractivity contribution in [2.45, 2.75) is 104 Å². The molecule has 188 valence electrons. The van der Waals surface area contributed by atoms with E-state index in [0.717, 1.165) is 24.2 Å². The van der Waals surface area contributed by atoms with Crippen molar-refractivity contribution in [2.24, 2.45) is 0 Å². The molecule has 0 saturated carbocycles. The van der Waals surface area contributed by atoms with Gasteiger partial charge in [-0.3, -0.25) is 0 Å². The van der Waals surface area contributed by atoms with Gasteiger partial charge in [0, 0.05) is 5.56 Å². The van der Waals surface area contributed by atoms with Gasteiger partial charge in [-0.15, -0.1) is 0 Å². The van der Waals surface area contributed by atoms with Gasteiger partial charge in [0.15, 0.2) is 11.6 Å². The molecule has 35 heavy (non-hydrogen) atoms. The summed E-state index contributed by atoms with van der Waals surface area (Å²) < 4.78 is 5.92. The Hall–Kier alpha value is -2.68. The molecule has 3 aromatic rings. The summed E-state index contributed by atoms with van der Waals surface area (Å²) in [6, 6.07) is 17.5. The van der Waals surface area contributed by atoms with Crippen molar-refractivity contribution in [1.29, 1.82) is 0 Å². The maximum Gasteiger partial charge on any atom is 0.159 e. The zero-order valence-electron chi connectivity index (χ0n) is 22.0. The van der Waals surface area contributed by atoms with Gasteiger partial charge in [-0.05, 0) is 42.4 Å². The molecule has 0 atom stereocenters. The lowest BCUT2D eigenvalue weighted by Crippen LogP contribution is -1.98. The maximum atomic E-state index is 5.92. The van der Waals surface area contributed by atoms with Crippen molar-refractivity contribution in [3.05, 3.63) is 77.6 Å². The van der Waals surface area contributed by atoms with Crippen LogP contribution in [0.2, 0.25) is 0 Å². The lowest BCUT2D eigenvalue weighted by Gasteiger charge is -2.08. The third kappa shape index (κ3) is 10.2. The highest BCUT2D eigenvalue weighted by Gasteiger charge is 2.04. The molecule has 0 spiro atoms. The molecule has 3 nitrogen and oxygen atoms in total. The van der Waals surface area contributed by atoms with Gasteiger partial charge in [-0.1, -0.05) is 120 Å². The van der Waals surface area contributed by atoms with E-state index in [1.54, 1.807) is 12.4 Å². The number of hydrogen-bond acceptors (Lipinski definition) is 3. The van der Waals surface area contributed by atoms with Crippen molar-refractivity contribution in [3.63, 3.8) is 0 Å². The maximum absolute atomic E-state index is 5.92. The average Bonchev–Trinajstić information content (AvgIpc) is 2.91. The van der Waals surface area contributed by atoms with Crippen molar-refractivity contribution in [1.82, 2.24) is 9.97 Å². The van der Waals surface area contributed by atoms with E-state index in [4.69, 9.17) is 4.74 Å². The van der Waals surface area contributed by atoms with E-state index >= 15 is 0 Å². The summed E-state index contributed by atoms with van der Waals surface area (Å²) in [6.45, 7) is 5.06. The molecule has 0 unspecified atom stereocenters. The first-order valence-corrected chi connectivity index (χ1v) is 13.9. The fourth-order valence-corrected chi connectivity index (χ4v) is 4.37. The summed E-state index contributed by atoms with van der Waals surface area (Å²) in [4.78, 5) is 9.06. The smallest absolute Gasteiger partial charge is 0.159 e. The van der Waals surface area contributed by atoms with Crippen molar-refractivity contribution >= 4 is 0 Å². The standard InChI is InChI=1S/C32H44N2O/c1-3-5-7-9-10-11-13-15-28-20-22-30(23-21-28)32-33-24-31(25-34-32)35-26-29-18-16-27(17-19-29)14-12-8-6-4-2/h16-25H,3-15,26H2,1-2H3. The number of benzene rings is 2. The normalized spacial score (nSPS) is 11.0. The van der Waals surface area contributed by atoms with E-state index in [-0.39, 0.29) is 0 Å². The summed E-state index contributed by atoms with van der Waals surface area (Å²) in [7, 11) is 0. The Bertz CT molecular complexity index is 933. The highest BCUT2D eigenvalue weighted by molar-refractivity contribution is 5.55. The number of unbranched alkanes of at least 4 members (excludes halogenated alkanes) is 9. The molecule has 0 amide bonds. The molecule has 0 N–H and O–H groups in total. The molecular weight excluding hydrogens is 428 g/mol. The van der Waals surface area contributed by atoms with Crippen molar-refractivity contribution < 1.29 is 4.74 Å². The first-order chi connectivity index (χ1) is 17.3. The van der Waals surface area contributed by atoms with Crippen molar-refractivity contribution in [2.75, 3.05) is 0 Å². The fourth-order valence-electron chi connectivity index (χ4n) is 4.37. The molecule has 2 aromatic carbocycles. The van der Waals surface area contributed by atoms with E-state index in [0.29, 0.717) is 12.4 Å². The van der Waals surface area contributed by atoms with Gasteiger partial charge >= 0.3 is 0 Å². The van der Waals surface area contributed by atoms with Crippen LogP contribution >= 0.6 is 0 Å². The van der Waals surface area contributed by atoms with E-state index < -0.39 is 0 Å². The molecule has 0 aliphatic rings. The molecule has 3 rings (SSSR count). The predicted octanol–water partition coefficient (Wildman–Crippen LogP) is 9.14. The van der Waals surface area contributed by atoms with Crippen LogP contribution in [0.5, 0.6) is 5.75 Å². The monoisotopic (exact) mass is 472 g/mol. The summed E-state index contributed by atoms with van der Waals surface area (Å²) in [5, 5.41) is 0. The van der Waals surface area contributed by atoms with Crippen LogP contribution in [-0.4, -0.2) is 9.97 Å². The van der Waals surface area contributed by atoms with Crippen LogP contribution in [-0.2, 0) is 19.4 Å². The third-order valence-corrected chi connectivity index (χ3v) is 6.66. The molecule has 0 aliphatic heterocycles. The second kappa shape index (κ2) is 16.1. The van der Waals surface area contributed by atoms with E-state index in [1.165, 1.54) is 87.3 Å². The molecule has 3 heteroatoms. The van der Waals surface area contributed by atoms with Crippen LogP contribution in [0.4, 0.5) is 0 Å². The predicted molar refractivity (Wildman–Crippen MR) is 148 cm³/mol. The number of nitrogens with zero attached hydrogens (tertiary/aromatic N) is 2. The van der Waals surface area contributed by atoms with Crippen LogP contribution in [0.1, 0.15) is 101 Å². The van der Waals surface area contributed by atoms with Gasteiger partial charge < -0.3 is 4.74 Å². The third-order valence-electron chi connectivity index (χ3n) is 6.66. The molecule has 0 aliphatic carbocycles. The molecule has 0 fully saturated rings. The average molecular weight is 473 g/mol. The zero-order chi connectivity index (χ0) is 24.6. The molecular formula is C32H44N2O. The van der Waals surface area contributed by atoms with Crippen LogP contribution in [0, 0.1) is 0 Å². The van der Waals surface area contributed by atoms with Gasteiger partial charge in [-0.2, -0.15) is 0 Å². The minimum Gasteiger partial charge on any atom is -0.486 e. The Morgan fingerprint density at radius 2 is 1.00 bits per heavy atom. The lowest BCUT2D eigenvalue weighted by atomic mass is 10.0. The molecule has 1 heterocycles. The second-order valence-corrected chi connectivity index (χ2v) is 9.73. The zero-order valence-corrected chi connectivity index (χ0v) is 22.0. The van der Waals surface area contributed by atoms with E-state index in [9.17, 15) is 0 Å². The quantitative estimate of drug-likeness (QED) is 0.184. The summed E-state index contributed by atoms with van der Waals surface area (Å²) in [5.41, 5.74) is 5.03. The minimum absolute atomic E-state index is 0.534. The number of rotatable bonds is 17. The van der Waals surface area contributed by atoms with Crippen LogP contribution in [0.15, 0.2) is 60.9 Å². The molecule has 0 bridgehead atoms. The van der Waals surface area contributed by atoms with Crippen LogP contribution < -0.4 is 4.74 Å². The Morgan fingerprint density at radius 3 is 1.57 bits per heavy atom. The van der Waals surface area contributed by atoms with Crippen LogP contribution in [0.25, 0.3) is 11.4 Å². The highest BCUT2D eigenvalue weighted by Crippen LogP contribution is 2.19. The van der Waals surface area contributed by atoms with Gasteiger partial charge in [0.25, 0.3) is 0 Å². The number of aryl methyl sites for hydroxylation is 2. The minimum atomic E-state index is 0.534. The van der Waals surface area contributed by atoms with Crippen molar-refractivity contribution in [3.8, 4) is 17.1 Å². The summed E-state index contributed by atoms with van der Waals surface area (Å²) >= 11 is 0. The molecule has 0 saturated heterocycles. The van der Waals surface area contributed by atoms with Gasteiger partial charge in [0.2, 0.25) is 0 Å². The van der Waals surface area contributed by atoms with Gasteiger partial charge in [-0.25, -0.2) is 9.97 Å². The van der Waals surface area contributed by atoms with E-state index in [1.807, 2.05) is 0 Å². The summed E-state index contributed by atoms with van der Waals surface area (Å²) in [5.74, 6) is 1.44. The Balaban J connectivity index is 1.39. The van der Waals surface area contributed by atoms with Gasteiger partial charge in [0.1, 0.15) is 6.61 Å². The second-order valence-electron chi connectivity index (χ2n) is 9.73. The number of hydrogen-bond donors (Lipinski definition) is 0. The first-order valence-electron chi connectivity index (χ1n) is 13.9. The molecule has 0 radical (unpaired) electrons. The molecule has 1 aromatic heterocycles. The fraction of sp³-hybridized carbons (Fsp3) is 0.500. The van der Waals surface area contributed by atoms with Gasteiger partial charge in [0.05, 0.1) is 12.4 Å². The topological polar surface area (TPSA) is 35.0 Å². The highest BCUT2D eigenvalue weighted by atomic mass is 16.5.